The molecule has 2 nitrogen and oxygen atoms in total. The zero-order chi connectivity index (χ0) is 10.1. The Balaban J connectivity index is 2.82. The van der Waals surface area contributed by atoms with Crippen LogP contribution in [-0.2, 0) is 12.8 Å². The van der Waals surface area contributed by atoms with Gasteiger partial charge in [-0.15, -0.1) is 0 Å². The third-order valence-electron chi connectivity index (χ3n) is 2.63. The van der Waals surface area contributed by atoms with E-state index in [-0.39, 0.29) is 0 Å². The molecule has 1 heterocycles. The Labute approximate surface area is 88.4 Å². The van der Waals surface area contributed by atoms with E-state index in [1.165, 1.54) is 16.6 Å². The largest absolute Gasteiger partial charge is 0.331 e. The van der Waals surface area contributed by atoms with Gasteiger partial charge in [0.1, 0.15) is 0 Å². The molecule has 3 heteroatoms. The average molecular weight is 206 g/mol. The van der Waals surface area contributed by atoms with Gasteiger partial charge in [-0.05, 0) is 42.3 Å². The molecule has 1 aromatic carbocycles. The van der Waals surface area contributed by atoms with Crippen molar-refractivity contribution in [1.29, 1.82) is 0 Å². The van der Waals surface area contributed by atoms with Crippen LogP contribution in [0, 0.1) is 4.77 Å². The van der Waals surface area contributed by atoms with Crippen molar-refractivity contribution in [2.24, 2.45) is 0 Å². The van der Waals surface area contributed by atoms with Crippen LogP contribution in [0.4, 0.5) is 0 Å². The lowest BCUT2D eigenvalue weighted by Crippen LogP contribution is -1.92. The van der Waals surface area contributed by atoms with Crippen molar-refractivity contribution in [2.45, 2.75) is 26.7 Å². The number of aryl methyl sites for hydroxylation is 2. The summed E-state index contributed by atoms with van der Waals surface area (Å²) in [6.07, 6.45) is 2.12. The van der Waals surface area contributed by atoms with Crippen LogP contribution in [0.25, 0.3) is 11.0 Å². The summed E-state index contributed by atoms with van der Waals surface area (Å²) >= 11 is 5.09. The zero-order valence-electron chi connectivity index (χ0n) is 8.48. The summed E-state index contributed by atoms with van der Waals surface area (Å²) in [5.74, 6) is 0. The molecule has 0 aliphatic rings. The SMILES string of the molecule is CCc1ccc2[nH]c(=S)[nH]c2c1CC. The van der Waals surface area contributed by atoms with E-state index in [1.807, 2.05) is 0 Å². The first kappa shape index (κ1) is 9.46. The second-order valence-corrected chi connectivity index (χ2v) is 3.82. The Morgan fingerprint density at radius 3 is 2.57 bits per heavy atom. The van der Waals surface area contributed by atoms with Gasteiger partial charge in [-0.2, -0.15) is 0 Å². The number of aromatic nitrogens is 2. The molecule has 0 atom stereocenters. The number of aromatic amines is 2. The molecule has 2 aromatic rings. The standard InChI is InChI=1S/C11H14N2S/c1-3-7-5-6-9-10(8(7)4-2)13-11(14)12-9/h5-6H,3-4H2,1-2H3,(H2,12,13,14). The maximum absolute atomic E-state index is 5.09. The van der Waals surface area contributed by atoms with Crippen LogP contribution in [0.2, 0.25) is 0 Å². The second kappa shape index (κ2) is 3.58. The minimum absolute atomic E-state index is 0.711. The highest BCUT2D eigenvalue weighted by Gasteiger charge is 2.05. The molecular weight excluding hydrogens is 192 g/mol. The highest BCUT2D eigenvalue weighted by atomic mass is 32.1. The van der Waals surface area contributed by atoms with E-state index in [2.05, 4.69) is 35.9 Å². The Kier molecular flexibility index (Phi) is 2.42. The first-order valence-corrected chi connectivity index (χ1v) is 5.39. The summed E-state index contributed by atoms with van der Waals surface area (Å²) in [6.45, 7) is 4.36. The van der Waals surface area contributed by atoms with Crippen LogP contribution in [-0.4, -0.2) is 9.97 Å². The molecule has 0 unspecified atom stereocenters. The summed E-state index contributed by atoms with van der Waals surface area (Å²) in [5.41, 5.74) is 5.09. The summed E-state index contributed by atoms with van der Waals surface area (Å²) in [4.78, 5) is 6.36. The summed E-state index contributed by atoms with van der Waals surface area (Å²) in [6, 6.07) is 4.28. The van der Waals surface area contributed by atoms with Crippen molar-refractivity contribution >= 4 is 23.3 Å². The van der Waals surface area contributed by atoms with Crippen molar-refractivity contribution in [2.75, 3.05) is 0 Å². The van der Waals surface area contributed by atoms with E-state index >= 15 is 0 Å². The van der Waals surface area contributed by atoms with Crippen molar-refractivity contribution in [3.63, 3.8) is 0 Å². The second-order valence-electron chi connectivity index (χ2n) is 3.41. The molecule has 2 rings (SSSR count). The van der Waals surface area contributed by atoms with Gasteiger partial charge in [0.15, 0.2) is 4.77 Å². The number of hydrogen-bond acceptors (Lipinski definition) is 1. The molecule has 0 fully saturated rings. The van der Waals surface area contributed by atoms with Gasteiger partial charge in [0, 0.05) is 0 Å². The molecule has 0 aliphatic heterocycles. The first-order chi connectivity index (χ1) is 6.76. The third-order valence-corrected chi connectivity index (χ3v) is 2.84. The number of fused-ring (bicyclic) bond motifs is 1. The average Bonchev–Trinajstić information content (AvgIpc) is 2.56. The molecule has 0 aliphatic carbocycles. The minimum Gasteiger partial charge on any atom is -0.331 e. The van der Waals surface area contributed by atoms with Crippen LogP contribution in [0.3, 0.4) is 0 Å². The molecule has 0 spiro atoms. The molecule has 1 aromatic heterocycles. The number of benzene rings is 1. The fraction of sp³-hybridized carbons (Fsp3) is 0.364. The van der Waals surface area contributed by atoms with Crippen LogP contribution in [0.1, 0.15) is 25.0 Å². The van der Waals surface area contributed by atoms with E-state index in [9.17, 15) is 0 Å². The Morgan fingerprint density at radius 2 is 1.93 bits per heavy atom. The van der Waals surface area contributed by atoms with E-state index in [0.717, 1.165) is 18.4 Å². The predicted molar refractivity (Wildman–Crippen MR) is 62.2 cm³/mol. The summed E-state index contributed by atoms with van der Waals surface area (Å²) in [7, 11) is 0. The maximum Gasteiger partial charge on any atom is 0.175 e. The van der Waals surface area contributed by atoms with Gasteiger partial charge in [0.25, 0.3) is 0 Å². The molecule has 0 saturated carbocycles. The van der Waals surface area contributed by atoms with Gasteiger partial charge in [0.05, 0.1) is 11.0 Å². The lowest BCUT2D eigenvalue weighted by Gasteiger charge is -2.05. The number of H-pyrrole nitrogens is 2. The van der Waals surface area contributed by atoms with Gasteiger partial charge < -0.3 is 9.97 Å². The first-order valence-electron chi connectivity index (χ1n) is 4.99. The van der Waals surface area contributed by atoms with Crippen molar-refractivity contribution < 1.29 is 0 Å². The van der Waals surface area contributed by atoms with E-state index in [1.54, 1.807) is 0 Å². The molecule has 2 N–H and O–H groups in total. The van der Waals surface area contributed by atoms with Gasteiger partial charge in [-0.1, -0.05) is 19.9 Å². The Morgan fingerprint density at radius 1 is 1.14 bits per heavy atom. The lowest BCUT2D eigenvalue weighted by molar-refractivity contribution is 1.05. The van der Waals surface area contributed by atoms with E-state index in [4.69, 9.17) is 12.2 Å². The molecule has 0 saturated heterocycles. The molecule has 0 bridgehead atoms. The fourth-order valence-corrected chi connectivity index (χ4v) is 2.15. The van der Waals surface area contributed by atoms with Gasteiger partial charge >= 0.3 is 0 Å². The quantitative estimate of drug-likeness (QED) is 0.725. The lowest BCUT2D eigenvalue weighted by atomic mass is 10.0. The highest BCUT2D eigenvalue weighted by Crippen LogP contribution is 2.20. The van der Waals surface area contributed by atoms with Gasteiger partial charge in [0.2, 0.25) is 0 Å². The smallest absolute Gasteiger partial charge is 0.175 e. The predicted octanol–water partition coefficient (Wildman–Crippen LogP) is 3.35. The number of imidazole rings is 1. The molecule has 14 heavy (non-hydrogen) atoms. The third kappa shape index (κ3) is 1.38. The topological polar surface area (TPSA) is 31.6 Å². The molecule has 74 valence electrons. The maximum atomic E-state index is 5.09. The summed E-state index contributed by atoms with van der Waals surface area (Å²) in [5, 5.41) is 0. The van der Waals surface area contributed by atoms with E-state index < -0.39 is 0 Å². The van der Waals surface area contributed by atoms with Crippen LogP contribution < -0.4 is 0 Å². The zero-order valence-corrected chi connectivity index (χ0v) is 9.29. The number of hydrogen-bond donors (Lipinski definition) is 2. The molecule has 0 radical (unpaired) electrons. The van der Waals surface area contributed by atoms with Crippen LogP contribution in [0.5, 0.6) is 0 Å². The Hall–Kier alpha value is -1.09. The van der Waals surface area contributed by atoms with Gasteiger partial charge in [-0.3, -0.25) is 0 Å². The minimum atomic E-state index is 0.711. The fourth-order valence-electron chi connectivity index (χ4n) is 1.94. The van der Waals surface area contributed by atoms with Gasteiger partial charge in [-0.25, -0.2) is 0 Å². The number of nitrogens with one attached hydrogen (secondary N) is 2. The van der Waals surface area contributed by atoms with Crippen molar-refractivity contribution in [1.82, 2.24) is 9.97 Å². The van der Waals surface area contributed by atoms with Crippen LogP contribution >= 0.6 is 12.2 Å². The van der Waals surface area contributed by atoms with Crippen LogP contribution in [0.15, 0.2) is 12.1 Å². The highest BCUT2D eigenvalue weighted by molar-refractivity contribution is 7.71. The number of rotatable bonds is 2. The monoisotopic (exact) mass is 206 g/mol. The van der Waals surface area contributed by atoms with Crippen molar-refractivity contribution in [3.05, 3.63) is 28.0 Å². The summed E-state index contributed by atoms with van der Waals surface area (Å²) < 4.78 is 0.711. The molecule has 0 amide bonds. The molecular formula is C11H14N2S. The Bertz CT molecular complexity index is 507. The van der Waals surface area contributed by atoms with Crippen molar-refractivity contribution in [3.8, 4) is 0 Å². The van der Waals surface area contributed by atoms with E-state index in [0.29, 0.717) is 4.77 Å². The normalized spacial score (nSPS) is 11.0.